The highest BCUT2D eigenvalue weighted by Gasteiger charge is 2.52. The van der Waals surface area contributed by atoms with Crippen LogP contribution < -0.4 is 0 Å². The summed E-state index contributed by atoms with van der Waals surface area (Å²) in [5.74, 6) is -2.31. The number of carbonyl (C=O) groups excluding carboxylic acids is 3. The molecule has 0 radical (unpaired) electrons. The van der Waals surface area contributed by atoms with Gasteiger partial charge >= 0.3 is 11.9 Å². The van der Waals surface area contributed by atoms with Crippen LogP contribution in [0.15, 0.2) is 47.5 Å². The van der Waals surface area contributed by atoms with Crippen molar-refractivity contribution in [1.29, 1.82) is 0 Å². The predicted octanol–water partition coefficient (Wildman–Crippen LogP) is 2.49. The fraction of sp³-hybridized carbons (Fsp3) is 0.381. The third-order valence-corrected chi connectivity index (χ3v) is 6.78. The highest BCUT2D eigenvalue weighted by atomic mass is 32.2. The zero-order chi connectivity index (χ0) is 21.9. The summed E-state index contributed by atoms with van der Waals surface area (Å²) in [7, 11) is -4.03. The second-order valence-corrected chi connectivity index (χ2v) is 8.96. The summed E-state index contributed by atoms with van der Waals surface area (Å²) in [6.07, 6.45) is 1.24. The normalized spacial score (nSPS) is 19.2. The van der Waals surface area contributed by atoms with E-state index in [1.54, 1.807) is 19.1 Å². The Morgan fingerprint density at radius 3 is 2.53 bits per heavy atom. The van der Waals surface area contributed by atoms with Crippen LogP contribution in [-0.2, 0) is 29.1 Å². The van der Waals surface area contributed by atoms with E-state index in [0.717, 1.165) is 9.54 Å². The molecule has 1 atom stereocenters. The second kappa shape index (κ2) is 8.43. The van der Waals surface area contributed by atoms with E-state index in [4.69, 9.17) is 9.47 Å². The Bertz CT molecular complexity index is 1070. The number of ether oxygens (including phenoxy) is 2. The number of hydrogen-bond donors (Lipinski definition) is 0. The molecule has 9 heteroatoms. The van der Waals surface area contributed by atoms with Gasteiger partial charge in [0.05, 0.1) is 23.8 Å². The Hall–Kier alpha value is -2.94. The number of aryl methyl sites for hydroxylation is 1. The van der Waals surface area contributed by atoms with Crippen molar-refractivity contribution >= 4 is 27.7 Å². The Kier molecular flexibility index (Phi) is 6.12. The number of ketones is 1. The molecule has 0 N–H and O–H groups in total. The van der Waals surface area contributed by atoms with Crippen LogP contribution in [-0.4, -0.2) is 43.3 Å². The fourth-order valence-electron chi connectivity index (χ4n) is 3.45. The number of esters is 2. The third kappa shape index (κ3) is 3.89. The van der Waals surface area contributed by atoms with Crippen LogP contribution in [0.4, 0.5) is 0 Å². The number of benzene rings is 1. The summed E-state index contributed by atoms with van der Waals surface area (Å²) >= 11 is 0. The van der Waals surface area contributed by atoms with Gasteiger partial charge in [-0.2, -0.15) is 0 Å². The number of aromatic nitrogens is 1. The molecule has 3 rings (SSSR count). The molecule has 0 spiro atoms. The van der Waals surface area contributed by atoms with Gasteiger partial charge in [0.1, 0.15) is 0 Å². The largest absolute Gasteiger partial charge is 0.465 e. The van der Waals surface area contributed by atoms with Gasteiger partial charge in [-0.05, 0) is 51.0 Å². The maximum atomic E-state index is 13.1. The molecule has 1 aliphatic heterocycles. The Balaban J connectivity index is 1.96. The van der Waals surface area contributed by atoms with Crippen molar-refractivity contribution in [2.24, 2.45) is 5.41 Å². The van der Waals surface area contributed by atoms with Crippen LogP contribution in [0.3, 0.4) is 0 Å². The highest BCUT2D eigenvalue weighted by Crippen LogP contribution is 2.36. The molecule has 1 saturated heterocycles. The topological polar surface area (TPSA) is 109 Å². The fourth-order valence-corrected chi connectivity index (χ4v) is 4.81. The summed E-state index contributed by atoms with van der Waals surface area (Å²) in [5.41, 5.74) is -1.02. The molecule has 0 saturated carbocycles. The highest BCUT2D eigenvalue weighted by molar-refractivity contribution is 7.90. The first-order valence-corrected chi connectivity index (χ1v) is 11.0. The van der Waals surface area contributed by atoms with Crippen LogP contribution in [0.1, 0.15) is 42.2 Å². The summed E-state index contributed by atoms with van der Waals surface area (Å²) in [6, 6.07) is 9.00. The lowest BCUT2D eigenvalue weighted by atomic mass is 9.77. The van der Waals surface area contributed by atoms with E-state index in [2.05, 4.69) is 0 Å². The molecule has 160 valence electrons. The van der Waals surface area contributed by atoms with Crippen LogP contribution in [0.25, 0.3) is 0 Å². The molecule has 1 unspecified atom stereocenters. The van der Waals surface area contributed by atoms with E-state index >= 15 is 0 Å². The lowest BCUT2D eigenvalue weighted by molar-refractivity contribution is -0.177. The Morgan fingerprint density at radius 1 is 1.20 bits per heavy atom. The minimum absolute atomic E-state index is 0.0236. The number of Topliss-reactive ketones (excluding diaryl/α,β-unsaturated/α-hetero) is 1. The monoisotopic (exact) mass is 433 g/mol. The van der Waals surface area contributed by atoms with Crippen molar-refractivity contribution in [1.82, 2.24) is 3.97 Å². The Labute approximate surface area is 174 Å². The number of hydrogen-bond acceptors (Lipinski definition) is 7. The average molecular weight is 433 g/mol. The van der Waals surface area contributed by atoms with Crippen LogP contribution >= 0.6 is 0 Å². The van der Waals surface area contributed by atoms with E-state index in [-0.39, 0.29) is 30.2 Å². The number of rotatable bonds is 7. The SMILES string of the molecule is CCOC(=O)C1(CC(=O)c2cccn2S(=O)(=O)c2ccc(C)cc2)CCCOC1=O. The molecule has 1 fully saturated rings. The first-order chi connectivity index (χ1) is 14.2. The first kappa shape index (κ1) is 21.8. The van der Waals surface area contributed by atoms with Gasteiger partial charge in [-0.3, -0.25) is 14.4 Å². The number of nitrogens with zero attached hydrogens (tertiary/aromatic N) is 1. The molecular formula is C21H23NO7S. The quantitative estimate of drug-likeness (QED) is 0.375. The molecule has 1 aromatic heterocycles. The van der Waals surface area contributed by atoms with Crippen molar-refractivity contribution < 1.29 is 32.3 Å². The van der Waals surface area contributed by atoms with Crippen molar-refractivity contribution in [2.45, 2.75) is 38.0 Å². The molecule has 1 aromatic carbocycles. The summed E-state index contributed by atoms with van der Waals surface area (Å²) in [4.78, 5) is 38.2. The van der Waals surface area contributed by atoms with Gasteiger partial charge in [-0.1, -0.05) is 17.7 Å². The lowest BCUT2D eigenvalue weighted by Crippen LogP contribution is -2.46. The van der Waals surface area contributed by atoms with Crippen LogP contribution in [0, 0.1) is 12.3 Å². The maximum absolute atomic E-state index is 13.1. The van der Waals surface area contributed by atoms with Crippen molar-refractivity contribution in [3.05, 3.63) is 53.9 Å². The van der Waals surface area contributed by atoms with Crippen LogP contribution in [0.2, 0.25) is 0 Å². The van der Waals surface area contributed by atoms with E-state index in [9.17, 15) is 22.8 Å². The third-order valence-electron chi connectivity index (χ3n) is 5.08. The summed E-state index contributed by atoms with van der Waals surface area (Å²) in [5, 5.41) is 0. The summed E-state index contributed by atoms with van der Waals surface area (Å²) in [6.45, 7) is 3.63. The second-order valence-electron chi connectivity index (χ2n) is 7.15. The van der Waals surface area contributed by atoms with E-state index in [0.29, 0.717) is 6.42 Å². The van der Waals surface area contributed by atoms with Crippen LogP contribution in [0.5, 0.6) is 0 Å². The molecule has 2 aromatic rings. The molecular weight excluding hydrogens is 410 g/mol. The van der Waals surface area contributed by atoms with Crippen molar-refractivity contribution in [3.63, 3.8) is 0 Å². The molecule has 0 amide bonds. The van der Waals surface area contributed by atoms with Gasteiger partial charge in [0.25, 0.3) is 10.0 Å². The zero-order valence-electron chi connectivity index (χ0n) is 16.8. The molecule has 0 bridgehead atoms. The van der Waals surface area contributed by atoms with Gasteiger partial charge in [0, 0.05) is 12.6 Å². The first-order valence-electron chi connectivity index (χ1n) is 9.59. The standard InChI is InChI=1S/C21H23NO7S/c1-3-28-19(24)21(11-5-13-29-20(21)25)14-18(23)17-6-4-12-22(17)30(26,27)16-9-7-15(2)8-10-16/h4,6-10,12H,3,5,11,13-14H2,1-2H3. The van der Waals surface area contributed by atoms with E-state index in [1.165, 1.54) is 30.5 Å². The van der Waals surface area contributed by atoms with Crippen molar-refractivity contribution in [3.8, 4) is 0 Å². The van der Waals surface area contributed by atoms with Gasteiger partial charge < -0.3 is 9.47 Å². The number of carbonyl (C=O) groups is 3. The molecule has 8 nitrogen and oxygen atoms in total. The lowest BCUT2D eigenvalue weighted by Gasteiger charge is -2.32. The molecule has 2 heterocycles. The minimum atomic E-state index is -4.03. The van der Waals surface area contributed by atoms with Gasteiger partial charge in [0.15, 0.2) is 11.2 Å². The zero-order valence-corrected chi connectivity index (χ0v) is 17.6. The molecule has 0 aliphatic carbocycles. The molecule has 1 aliphatic rings. The minimum Gasteiger partial charge on any atom is -0.465 e. The van der Waals surface area contributed by atoms with E-state index < -0.39 is 39.6 Å². The van der Waals surface area contributed by atoms with Crippen molar-refractivity contribution in [2.75, 3.05) is 13.2 Å². The number of cyclic esters (lactones) is 1. The Morgan fingerprint density at radius 2 is 1.90 bits per heavy atom. The smallest absolute Gasteiger partial charge is 0.323 e. The summed E-state index contributed by atoms with van der Waals surface area (Å²) < 4.78 is 37.0. The van der Waals surface area contributed by atoms with Gasteiger partial charge in [-0.25, -0.2) is 12.4 Å². The predicted molar refractivity (Wildman–Crippen MR) is 106 cm³/mol. The molecule has 30 heavy (non-hydrogen) atoms. The van der Waals surface area contributed by atoms with Gasteiger partial charge in [0.2, 0.25) is 0 Å². The van der Waals surface area contributed by atoms with Gasteiger partial charge in [-0.15, -0.1) is 0 Å². The average Bonchev–Trinajstić information content (AvgIpc) is 3.21. The van der Waals surface area contributed by atoms with E-state index in [1.807, 2.05) is 6.92 Å². The maximum Gasteiger partial charge on any atom is 0.323 e.